The number of primary amides is 1. The van der Waals surface area contributed by atoms with Crippen LogP contribution in [-0.2, 0) is 17.8 Å². The van der Waals surface area contributed by atoms with Crippen LogP contribution in [0.25, 0.3) is 0 Å². The van der Waals surface area contributed by atoms with Gasteiger partial charge in [-0.25, -0.2) is 9.48 Å². The molecule has 0 aliphatic rings. The van der Waals surface area contributed by atoms with E-state index in [1.807, 2.05) is 32.9 Å². The summed E-state index contributed by atoms with van der Waals surface area (Å²) in [6.07, 6.45) is -0.150. The van der Waals surface area contributed by atoms with Crippen LogP contribution in [0.15, 0.2) is 24.3 Å². The number of hydrogen-bond donors (Lipinski definition) is 1. The highest BCUT2D eigenvalue weighted by atomic mass is 35.5. The fourth-order valence-corrected chi connectivity index (χ4v) is 2.39. The third-order valence-corrected chi connectivity index (χ3v) is 3.48. The summed E-state index contributed by atoms with van der Waals surface area (Å²) in [5.41, 5.74) is 6.55. The van der Waals surface area contributed by atoms with Gasteiger partial charge in [0.2, 0.25) is 5.88 Å². The number of nitrogens with zero attached hydrogens (tertiary/aromatic N) is 2. The van der Waals surface area contributed by atoms with Gasteiger partial charge < -0.3 is 15.2 Å². The van der Waals surface area contributed by atoms with Crippen LogP contribution in [0, 0.1) is 0 Å². The van der Waals surface area contributed by atoms with Gasteiger partial charge in [-0.3, -0.25) is 0 Å². The molecule has 0 unspecified atom stereocenters. The number of benzene rings is 1. The molecule has 2 aromatic rings. The van der Waals surface area contributed by atoms with Gasteiger partial charge in [0.15, 0.2) is 0 Å². The minimum atomic E-state index is -0.830. The van der Waals surface area contributed by atoms with E-state index in [1.165, 1.54) is 0 Å². The molecular formula is C16H20ClN3O3. The predicted molar refractivity (Wildman–Crippen MR) is 87.9 cm³/mol. The molecule has 7 heteroatoms. The molecule has 0 aliphatic carbocycles. The number of aromatic nitrogens is 2. The number of carbonyl (C=O) groups excluding carboxylic acids is 1. The zero-order chi connectivity index (χ0) is 17.0. The van der Waals surface area contributed by atoms with Crippen molar-refractivity contribution in [2.24, 2.45) is 5.73 Å². The maximum atomic E-state index is 10.8. The van der Waals surface area contributed by atoms with E-state index in [9.17, 15) is 4.79 Å². The van der Waals surface area contributed by atoms with Crippen molar-refractivity contribution in [2.75, 3.05) is 0 Å². The van der Waals surface area contributed by atoms with E-state index >= 15 is 0 Å². The molecule has 0 spiro atoms. The van der Waals surface area contributed by atoms with Crippen molar-refractivity contribution in [1.29, 1.82) is 0 Å². The Kier molecular flexibility index (Phi) is 5.50. The molecule has 2 N–H and O–H groups in total. The fourth-order valence-electron chi connectivity index (χ4n) is 2.21. The molecule has 2 rings (SSSR count). The first-order chi connectivity index (χ1) is 10.9. The average Bonchev–Trinajstić information content (AvgIpc) is 2.83. The van der Waals surface area contributed by atoms with Crippen LogP contribution < -0.4 is 10.5 Å². The molecule has 0 fully saturated rings. The van der Waals surface area contributed by atoms with Gasteiger partial charge in [0.1, 0.15) is 18.1 Å². The third kappa shape index (κ3) is 4.16. The van der Waals surface area contributed by atoms with Crippen LogP contribution in [0.1, 0.15) is 38.1 Å². The first kappa shape index (κ1) is 17.1. The van der Waals surface area contributed by atoms with Gasteiger partial charge in [0, 0.05) is 10.6 Å². The second-order valence-electron chi connectivity index (χ2n) is 5.29. The predicted octanol–water partition coefficient (Wildman–Crippen LogP) is 4.07. The number of ether oxygens (including phenoxy) is 2. The lowest BCUT2D eigenvalue weighted by Gasteiger charge is -2.13. The average molecular weight is 338 g/mol. The maximum Gasteiger partial charge on any atom is 0.404 e. The van der Waals surface area contributed by atoms with E-state index in [0.29, 0.717) is 28.8 Å². The monoisotopic (exact) mass is 337 g/mol. The second kappa shape index (κ2) is 7.37. The SMILES string of the molecule is CCc1c(COC(N)=O)nn(C(C)C)c1Oc1cccc(Cl)c1. The van der Waals surface area contributed by atoms with E-state index in [4.69, 9.17) is 26.8 Å². The summed E-state index contributed by atoms with van der Waals surface area (Å²) in [6, 6.07) is 7.23. The lowest BCUT2D eigenvalue weighted by atomic mass is 10.2. The summed E-state index contributed by atoms with van der Waals surface area (Å²) in [4.78, 5) is 10.8. The van der Waals surface area contributed by atoms with Crippen LogP contribution >= 0.6 is 11.6 Å². The smallest absolute Gasteiger partial charge is 0.404 e. The molecule has 0 bridgehead atoms. The van der Waals surface area contributed by atoms with Crippen molar-refractivity contribution in [3.8, 4) is 11.6 Å². The lowest BCUT2D eigenvalue weighted by molar-refractivity contribution is 0.148. The second-order valence-corrected chi connectivity index (χ2v) is 5.73. The molecule has 0 aliphatic heterocycles. The fraction of sp³-hybridized carbons (Fsp3) is 0.375. The minimum absolute atomic E-state index is 0.0180. The Morgan fingerprint density at radius 1 is 1.43 bits per heavy atom. The molecule has 0 radical (unpaired) electrons. The maximum absolute atomic E-state index is 10.8. The Balaban J connectivity index is 2.40. The summed E-state index contributed by atoms with van der Waals surface area (Å²) in [7, 11) is 0. The van der Waals surface area contributed by atoms with E-state index in [0.717, 1.165) is 5.56 Å². The van der Waals surface area contributed by atoms with Gasteiger partial charge in [-0.2, -0.15) is 5.10 Å². The highest BCUT2D eigenvalue weighted by Crippen LogP contribution is 2.32. The Bertz CT molecular complexity index is 698. The Hall–Kier alpha value is -2.21. The Morgan fingerprint density at radius 3 is 2.74 bits per heavy atom. The summed E-state index contributed by atoms with van der Waals surface area (Å²) in [5.74, 6) is 1.24. The highest BCUT2D eigenvalue weighted by molar-refractivity contribution is 6.30. The van der Waals surface area contributed by atoms with Gasteiger partial charge in [-0.05, 0) is 38.5 Å². The molecule has 1 amide bonds. The molecule has 0 saturated carbocycles. The summed E-state index contributed by atoms with van der Waals surface area (Å²) in [6.45, 7) is 6.00. The molecule has 6 nitrogen and oxygen atoms in total. The van der Waals surface area contributed by atoms with E-state index in [2.05, 4.69) is 5.10 Å². The molecular weight excluding hydrogens is 318 g/mol. The van der Waals surface area contributed by atoms with Gasteiger partial charge >= 0.3 is 6.09 Å². The largest absolute Gasteiger partial charge is 0.443 e. The lowest BCUT2D eigenvalue weighted by Crippen LogP contribution is -2.13. The van der Waals surface area contributed by atoms with Gasteiger partial charge in [0.05, 0.1) is 6.04 Å². The van der Waals surface area contributed by atoms with Crippen molar-refractivity contribution in [3.05, 3.63) is 40.5 Å². The van der Waals surface area contributed by atoms with Gasteiger partial charge in [0.25, 0.3) is 0 Å². The molecule has 1 heterocycles. The number of rotatable bonds is 6. The molecule has 23 heavy (non-hydrogen) atoms. The van der Waals surface area contributed by atoms with Crippen LogP contribution in [-0.4, -0.2) is 15.9 Å². The van der Waals surface area contributed by atoms with E-state index < -0.39 is 6.09 Å². The Morgan fingerprint density at radius 2 is 2.17 bits per heavy atom. The van der Waals surface area contributed by atoms with Gasteiger partial charge in [-0.15, -0.1) is 0 Å². The number of halogens is 1. The van der Waals surface area contributed by atoms with Crippen molar-refractivity contribution in [2.45, 2.75) is 39.8 Å². The highest BCUT2D eigenvalue weighted by Gasteiger charge is 2.21. The van der Waals surface area contributed by atoms with Gasteiger partial charge in [-0.1, -0.05) is 24.6 Å². The molecule has 0 atom stereocenters. The van der Waals surface area contributed by atoms with Crippen LogP contribution in [0.3, 0.4) is 0 Å². The van der Waals surface area contributed by atoms with Crippen LogP contribution in [0.4, 0.5) is 4.79 Å². The number of carbonyl (C=O) groups is 1. The molecule has 1 aromatic heterocycles. The summed E-state index contributed by atoms with van der Waals surface area (Å²) < 4.78 is 12.6. The quantitative estimate of drug-likeness (QED) is 0.861. The van der Waals surface area contributed by atoms with Crippen molar-refractivity contribution in [1.82, 2.24) is 9.78 Å². The van der Waals surface area contributed by atoms with E-state index in [-0.39, 0.29) is 12.6 Å². The number of amides is 1. The minimum Gasteiger partial charge on any atom is -0.443 e. The van der Waals surface area contributed by atoms with Crippen molar-refractivity contribution >= 4 is 17.7 Å². The van der Waals surface area contributed by atoms with E-state index in [1.54, 1.807) is 16.8 Å². The number of nitrogens with two attached hydrogens (primary N) is 1. The summed E-state index contributed by atoms with van der Waals surface area (Å²) >= 11 is 6.00. The molecule has 1 aromatic carbocycles. The number of hydrogen-bond acceptors (Lipinski definition) is 4. The standard InChI is InChI=1S/C16H20ClN3O3/c1-4-13-14(9-22-16(18)21)19-20(10(2)3)15(13)23-12-7-5-6-11(17)8-12/h5-8,10H,4,9H2,1-3H3,(H2,18,21). The zero-order valence-corrected chi connectivity index (χ0v) is 14.1. The van der Waals surface area contributed by atoms with Crippen molar-refractivity contribution in [3.63, 3.8) is 0 Å². The van der Waals surface area contributed by atoms with Crippen LogP contribution in [0.5, 0.6) is 11.6 Å². The van der Waals surface area contributed by atoms with Crippen LogP contribution in [0.2, 0.25) is 5.02 Å². The third-order valence-electron chi connectivity index (χ3n) is 3.25. The first-order valence-corrected chi connectivity index (χ1v) is 7.76. The summed E-state index contributed by atoms with van der Waals surface area (Å²) in [5, 5.41) is 5.09. The normalized spacial score (nSPS) is 10.8. The Labute approximate surface area is 140 Å². The first-order valence-electron chi connectivity index (χ1n) is 7.38. The molecule has 0 saturated heterocycles. The molecule has 124 valence electrons. The van der Waals surface area contributed by atoms with Crippen molar-refractivity contribution < 1.29 is 14.3 Å². The zero-order valence-electron chi connectivity index (χ0n) is 13.4. The topological polar surface area (TPSA) is 79.4 Å².